The molecule has 0 saturated heterocycles. The highest BCUT2D eigenvalue weighted by atomic mass is 16.6. The molecule has 2 aromatic carbocycles. The van der Waals surface area contributed by atoms with Gasteiger partial charge in [0.2, 0.25) is 0 Å². The highest BCUT2D eigenvalue weighted by Gasteiger charge is 2.11. The second kappa shape index (κ2) is 6.15. The van der Waals surface area contributed by atoms with E-state index in [9.17, 15) is 14.9 Å². The molecule has 0 aliphatic heterocycles. The minimum Gasteiger partial charge on any atom is -0.324 e. The minimum absolute atomic E-state index is 0.111. The van der Waals surface area contributed by atoms with Crippen LogP contribution in [0.5, 0.6) is 0 Å². The van der Waals surface area contributed by atoms with Gasteiger partial charge in [0, 0.05) is 41.5 Å². The number of hydrogen-bond acceptors (Lipinski definition) is 3. The first-order chi connectivity index (χ1) is 11.1. The third-order valence-electron chi connectivity index (χ3n) is 3.35. The molecule has 0 spiro atoms. The van der Waals surface area contributed by atoms with Crippen LogP contribution in [0.1, 0.15) is 10.4 Å². The van der Waals surface area contributed by atoms with E-state index in [-0.39, 0.29) is 17.2 Å². The average Bonchev–Trinajstić information content (AvgIpc) is 3.10. The molecule has 0 saturated carbocycles. The van der Waals surface area contributed by atoms with Crippen LogP contribution in [0.25, 0.3) is 5.69 Å². The number of rotatable bonds is 4. The van der Waals surface area contributed by atoms with E-state index in [0.29, 0.717) is 5.69 Å². The third-order valence-corrected chi connectivity index (χ3v) is 3.35. The maximum absolute atomic E-state index is 12.2. The number of amides is 1. The van der Waals surface area contributed by atoms with Crippen LogP contribution in [0.3, 0.4) is 0 Å². The molecule has 1 heterocycles. The molecular weight excluding hydrogens is 294 g/mol. The molecule has 3 rings (SSSR count). The highest BCUT2D eigenvalue weighted by Crippen LogP contribution is 2.17. The molecule has 23 heavy (non-hydrogen) atoms. The zero-order valence-electron chi connectivity index (χ0n) is 12.0. The Morgan fingerprint density at radius 2 is 1.70 bits per heavy atom. The molecule has 114 valence electrons. The van der Waals surface area contributed by atoms with Gasteiger partial charge in [-0.1, -0.05) is 6.07 Å². The van der Waals surface area contributed by atoms with Crippen molar-refractivity contribution in [3.63, 3.8) is 0 Å². The van der Waals surface area contributed by atoms with E-state index in [1.54, 1.807) is 12.1 Å². The Balaban J connectivity index is 1.75. The van der Waals surface area contributed by atoms with Crippen LogP contribution >= 0.6 is 0 Å². The predicted molar refractivity (Wildman–Crippen MR) is 86.8 cm³/mol. The molecule has 0 atom stereocenters. The van der Waals surface area contributed by atoms with Gasteiger partial charge in [-0.3, -0.25) is 14.9 Å². The van der Waals surface area contributed by atoms with Gasteiger partial charge in [0.15, 0.2) is 0 Å². The van der Waals surface area contributed by atoms with Crippen molar-refractivity contribution in [1.82, 2.24) is 4.57 Å². The van der Waals surface area contributed by atoms with Crippen molar-refractivity contribution in [2.75, 3.05) is 5.32 Å². The molecule has 0 radical (unpaired) electrons. The summed E-state index contributed by atoms with van der Waals surface area (Å²) in [7, 11) is 0. The number of non-ortho nitro benzene ring substituents is 1. The van der Waals surface area contributed by atoms with Crippen molar-refractivity contribution in [3.05, 3.63) is 88.7 Å². The van der Waals surface area contributed by atoms with Crippen LogP contribution in [0.15, 0.2) is 73.1 Å². The molecule has 0 fully saturated rings. The fourth-order valence-electron chi connectivity index (χ4n) is 2.19. The highest BCUT2D eigenvalue weighted by molar-refractivity contribution is 6.04. The molecule has 6 nitrogen and oxygen atoms in total. The molecular formula is C17H13N3O3. The number of nitro groups is 1. The quantitative estimate of drug-likeness (QED) is 0.590. The van der Waals surface area contributed by atoms with E-state index in [0.717, 1.165) is 5.69 Å². The number of nitrogens with one attached hydrogen (secondary N) is 1. The number of nitro benzene ring substituents is 1. The van der Waals surface area contributed by atoms with Gasteiger partial charge in [-0.2, -0.15) is 0 Å². The summed E-state index contributed by atoms with van der Waals surface area (Å²) in [5.41, 5.74) is 1.73. The van der Waals surface area contributed by atoms with Gasteiger partial charge in [0.1, 0.15) is 0 Å². The first-order valence-electron chi connectivity index (χ1n) is 6.93. The number of nitrogens with zero attached hydrogens (tertiary/aromatic N) is 2. The standard InChI is InChI=1S/C17H13N3O3/c21-17(13-4-3-5-16(12-13)20(22)23)18-14-6-8-15(9-7-14)19-10-1-2-11-19/h1-12H,(H,18,21). The lowest BCUT2D eigenvalue weighted by Gasteiger charge is -2.07. The Morgan fingerprint density at radius 1 is 1.00 bits per heavy atom. The Bertz CT molecular complexity index is 840. The lowest BCUT2D eigenvalue weighted by molar-refractivity contribution is -0.384. The van der Waals surface area contributed by atoms with E-state index in [4.69, 9.17) is 0 Å². The van der Waals surface area contributed by atoms with Crippen molar-refractivity contribution in [2.45, 2.75) is 0 Å². The van der Waals surface area contributed by atoms with Crippen LogP contribution in [0, 0.1) is 10.1 Å². The zero-order valence-corrected chi connectivity index (χ0v) is 12.0. The molecule has 6 heteroatoms. The predicted octanol–water partition coefficient (Wildman–Crippen LogP) is 3.64. The molecule has 0 bridgehead atoms. The normalized spacial score (nSPS) is 10.3. The number of aromatic nitrogens is 1. The number of carbonyl (C=O) groups excluding carboxylic acids is 1. The van der Waals surface area contributed by atoms with Gasteiger partial charge in [-0.05, 0) is 42.5 Å². The van der Waals surface area contributed by atoms with Gasteiger partial charge >= 0.3 is 0 Å². The second-order valence-electron chi connectivity index (χ2n) is 4.90. The Kier molecular flexibility index (Phi) is 3.88. The number of benzene rings is 2. The number of hydrogen-bond donors (Lipinski definition) is 1. The van der Waals surface area contributed by atoms with E-state index >= 15 is 0 Å². The first kappa shape index (κ1) is 14.5. The van der Waals surface area contributed by atoms with Gasteiger partial charge < -0.3 is 9.88 Å². The molecule has 0 unspecified atom stereocenters. The van der Waals surface area contributed by atoms with E-state index in [2.05, 4.69) is 5.32 Å². The minimum atomic E-state index is -0.525. The summed E-state index contributed by atoms with van der Waals surface area (Å²) in [4.78, 5) is 22.4. The van der Waals surface area contributed by atoms with Gasteiger partial charge in [0.05, 0.1) is 4.92 Å². The maximum Gasteiger partial charge on any atom is 0.270 e. The maximum atomic E-state index is 12.2. The summed E-state index contributed by atoms with van der Waals surface area (Å²) < 4.78 is 1.95. The fraction of sp³-hybridized carbons (Fsp3) is 0. The number of carbonyl (C=O) groups is 1. The summed E-state index contributed by atoms with van der Waals surface area (Å²) >= 11 is 0. The number of anilines is 1. The van der Waals surface area contributed by atoms with Crippen molar-refractivity contribution in [1.29, 1.82) is 0 Å². The van der Waals surface area contributed by atoms with Crippen LogP contribution < -0.4 is 5.32 Å². The molecule has 1 N–H and O–H groups in total. The topological polar surface area (TPSA) is 77.2 Å². The lowest BCUT2D eigenvalue weighted by Crippen LogP contribution is -2.12. The molecule has 1 aromatic heterocycles. The van der Waals surface area contributed by atoms with Crippen LogP contribution in [0.2, 0.25) is 0 Å². The van der Waals surface area contributed by atoms with Crippen LogP contribution in [-0.4, -0.2) is 15.4 Å². The van der Waals surface area contributed by atoms with Gasteiger partial charge in [-0.15, -0.1) is 0 Å². The summed E-state index contributed by atoms with van der Waals surface area (Å²) in [5.74, 6) is -0.387. The first-order valence-corrected chi connectivity index (χ1v) is 6.93. The van der Waals surface area contributed by atoms with E-state index in [1.807, 2.05) is 41.2 Å². The van der Waals surface area contributed by atoms with Crippen molar-refractivity contribution in [3.8, 4) is 5.69 Å². The van der Waals surface area contributed by atoms with Crippen molar-refractivity contribution < 1.29 is 9.72 Å². The molecule has 0 aliphatic rings. The van der Waals surface area contributed by atoms with E-state index in [1.165, 1.54) is 24.3 Å². The smallest absolute Gasteiger partial charge is 0.270 e. The molecule has 0 aliphatic carbocycles. The Hall–Kier alpha value is -3.41. The third kappa shape index (κ3) is 3.26. The average molecular weight is 307 g/mol. The zero-order chi connectivity index (χ0) is 16.2. The van der Waals surface area contributed by atoms with Crippen molar-refractivity contribution >= 4 is 17.3 Å². The van der Waals surface area contributed by atoms with Crippen LogP contribution in [0.4, 0.5) is 11.4 Å². The molecule has 1 amide bonds. The summed E-state index contributed by atoms with van der Waals surface area (Å²) in [6.45, 7) is 0. The van der Waals surface area contributed by atoms with Crippen LogP contribution in [-0.2, 0) is 0 Å². The summed E-state index contributed by atoms with van der Waals surface area (Å²) in [6, 6.07) is 16.8. The van der Waals surface area contributed by atoms with Gasteiger partial charge in [-0.25, -0.2) is 0 Å². The second-order valence-corrected chi connectivity index (χ2v) is 4.90. The van der Waals surface area contributed by atoms with Crippen molar-refractivity contribution in [2.24, 2.45) is 0 Å². The van der Waals surface area contributed by atoms with Gasteiger partial charge in [0.25, 0.3) is 11.6 Å². The SMILES string of the molecule is O=C(Nc1ccc(-n2cccc2)cc1)c1cccc([N+](=O)[O-])c1. The monoisotopic (exact) mass is 307 g/mol. The van der Waals surface area contributed by atoms with E-state index < -0.39 is 4.92 Å². The Morgan fingerprint density at radius 3 is 2.35 bits per heavy atom. The lowest BCUT2D eigenvalue weighted by atomic mass is 10.2. The summed E-state index contributed by atoms with van der Waals surface area (Å²) in [5, 5.41) is 13.5. The largest absolute Gasteiger partial charge is 0.324 e. The molecule has 3 aromatic rings. The Labute approximate surface area is 132 Å². The summed E-state index contributed by atoms with van der Waals surface area (Å²) in [6.07, 6.45) is 3.85. The fourth-order valence-corrected chi connectivity index (χ4v) is 2.19.